The summed E-state index contributed by atoms with van der Waals surface area (Å²) in [5.41, 5.74) is 0. The number of rotatable bonds is 0. The van der Waals surface area contributed by atoms with Crippen molar-refractivity contribution < 1.29 is 4.42 Å². The molecule has 0 saturated heterocycles. The molecule has 1 nitrogen and oxygen atoms in total. The molecule has 0 fully saturated rings. The van der Waals surface area contributed by atoms with Crippen LogP contribution >= 0.6 is 0 Å². The van der Waals surface area contributed by atoms with E-state index in [4.69, 9.17) is 0 Å². The van der Waals surface area contributed by atoms with Crippen LogP contribution in [0.1, 0.15) is 0 Å². The van der Waals surface area contributed by atoms with Gasteiger partial charge in [0.2, 0.25) is 0 Å². The van der Waals surface area contributed by atoms with Crippen molar-refractivity contribution in [2.45, 2.75) is 0 Å². The predicted molar refractivity (Wildman–Crippen MR) is 17.5 cm³/mol. The Kier molecular flexibility index (Phi) is 0.468. The zero-order valence-electron chi connectivity index (χ0n) is 2.64. The molecule has 1 aromatic heterocycles. The summed E-state index contributed by atoms with van der Waals surface area (Å²) in [6.07, 6.45) is 4.06. The van der Waals surface area contributed by atoms with Gasteiger partial charge in [0, 0.05) is 0 Å². The molecule has 5 heavy (non-hydrogen) atoms. The van der Waals surface area contributed by atoms with Gasteiger partial charge in [-0.05, 0) is 6.26 Å². The first-order valence-corrected chi connectivity index (χ1v) is 1.40. The average Bonchev–Trinajstić information content (AvgIpc) is 1.76. The maximum absolute atomic E-state index is 4.46. The van der Waals surface area contributed by atoms with Crippen LogP contribution in [0.25, 0.3) is 0 Å². The SMILES string of the molecule is [c-]1ccco1. The molecule has 0 spiro atoms. The second kappa shape index (κ2) is 0.931. The molecule has 1 aromatic rings. The van der Waals surface area contributed by atoms with Crippen LogP contribution in [0.5, 0.6) is 0 Å². The highest BCUT2D eigenvalue weighted by Crippen LogP contribution is 1.78. The van der Waals surface area contributed by atoms with E-state index in [0.717, 1.165) is 0 Å². The number of furan rings is 1. The minimum Gasteiger partial charge on any atom is -0.599 e. The van der Waals surface area contributed by atoms with E-state index in [1.807, 2.05) is 0 Å². The second-order valence-electron chi connectivity index (χ2n) is 0.731. The highest BCUT2D eigenvalue weighted by molar-refractivity contribution is 4.77. The summed E-state index contributed by atoms with van der Waals surface area (Å²) in [5, 5.41) is 0. The number of hydrogen-bond acceptors (Lipinski definition) is 1. The van der Waals surface area contributed by atoms with Gasteiger partial charge in [0.05, 0.1) is 0 Å². The van der Waals surface area contributed by atoms with E-state index in [2.05, 4.69) is 10.7 Å². The van der Waals surface area contributed by atoms with Crippen molar-refractivity contribution in [2.24, 2.45) is 0 Å². The molecule has 0 aliphatic heterocycles. The maximum Gasteiger partial charge on any atom is -0.00853 e. The molecule has 1 heteroatoms. The molecule has 0 atom stereocenters. The summed E-state index contributed by atoms with van der Waals surface area (Å²) in [5.74, 6) is 0. The molecular formula is C4H3O-. The Morgan fingerprint density at radius 3 is 2.80 bits per heavy atom. The molecule has 0 radical (unpaired) electrons. The third-order valence-electron chi connectivity index (χ3n) is 0.379. The predicted octanol–water partition coefficient (Wildman–Crippen LogP) is 1.08. The monoisotopic (exact) mass is 67.0 g/mol. The fraction of sp³-hybridized carbons (Fsp3) is 0. The van der Waals surface area contributed by atoms with Gasteiger partial charge in [0.15, 0.2) is 0 Å². The lowest BCUT2D eigenvalue weighted by Crippen LogP contribution is -1.19. The second-order valence-corrected chi connectivity index (χ2v) is 0.731. The summed E-state index contributed by atoms with van der Waals surface area (Å²) in [6, 6.07) is 3.49. The highest BCUT2D eigenvalue weighted by Gasteiger charge is 1.45. The van der Waals surface area contributed by atoms with Crippen LogP contribution < -0.4 is 0 Å². The van der Waals surface area contributed by atoms with Gasteiger partial charge in [0.25, 0.3) is 0 Å². The third-order valence-corrected chi connectivity index (χ3v) is 0.379. The quantitative estimate of drug-likeness (QED) is 0.414. The smallest absolute Gasteiger partial charge is 0.00853 e. The molecular weight excluding hydrogens is 64.0 g/mol. The lowest BCUT2D eigenvalue weighted by Gasteiger charge is -1.63. The zero-order valence-corrected chi connectivity index (χ0v) is 2.64. The zero-order chi connectivity index (χ0) is 3.54. The Labute approximate surface area is 30.2 Å². The van der Waals surface area contributed by atoms with Crippen molar-refractivity contribution in [3.63, 3.8) is 0 Å². The van der Waals surface area contributed by atoms with Gasteiger partial charge in [-0.1, -0.05) is 6.26 Å². The van der Waals surface area contributed by atoms with Crippen molar-refractivity contribution in [1.82, 2.24) is 0 Å². The van der Waals surface area contributed by atoms with Crippen molar-refractivity contribution in [3.8, 4) is 0 Å². The summed E-state index contributed by atoms with van der Waals surface area (Å²) in [7, 11) is 0. The van der Waals surface area contributed by atoms with Gasteiger partial charge in [-0.2, -0.15) is 6.07 Å². The van der Waals surface area contributed by atoms with Crippen molar-refractivity contribution in [1.29, 1.82) is 0 Å². The van der Waals surface area contributed by atoms with Crippen LogP contribution in [0.4, 0.5) is 0 Å². The maximum atomic E-state index is 4.46. The lowest BCUT2D eigenvalue weighted by molar-refractivity contribution is 0.558. The number of hydrogen-bond donors (Lipinski definition) is 0. The summed E-state index contributed by atoms with van der Waals surface area (Å²) >= 11 is 0. The summed E-state index contributed by atoms with van der Waals surface area (Å²) in [6.45, 7) is 0. The Balaban J connectivity index is 3.13. The van der Waals surface area contributed by atoms with Gasteiger partial charge in [0.1, 0.15) is 0 Å². The van der Waals surface area contributed by atoms with E-state index in [1.165, 1.54) is 0 Å². The van der Waals surface area contributed by atoms with E-state index < -0.39 is 0 Å². The third kappa shape index (κ3) is 0.293. The van der Waals surface area contributed by atoms with Crippen LogP contribution in [0.3, 0.4) is 0 Å². The molecule has 0 bridgehead atoms. The van der Waals surface area contributed by atoms with E-state index in [9.17, 15) is 0 Å². The topological polar surface area (TPSA) is 13.1 Å². The average molecular weight is 67.1 g/mol. The molecule has 0 unspecified atom stereocenters. The van der Waals surface area contributed by atoms with E-state index in [1.54, 1.807) is 18.4 Å². The lowest BCUT2D eigenvalue weighted by atomic mass is 10.7. The molecule has 0 aromatic carbocycles. The molecule has 0 aliphatic rings. The highest BCUT2D eigenvalue weighted by atomic mass is 16.3. The fourth-order valence-electron chi connectivity index (χ4n) is 0.196. The van der Waals surface area contributed by atoms with Crippen molar-refractivity contribution in [2.75, 3.05) is 0 Å². The molecule has 26 valence electrons. The Morgan fingerprint density at radius 2 is 2.60 bits per heavy atom. The van der Waals surface area contributed by atoms with Crippen LogP contribution in [-0.2, 0) is 0 Å². The normalized spacial score (nSPS) is 8.00. The van der Waals surface area contributed by atoms with Gasteiger partial charge >= 0.3 is 0 Å². The van der Waals surface area contributed by atoms with E-state index in [0.29, 0.717) is 0 Å². The first-order valence-electron chi connectivity index (χ1n) is 1.40. The Morgan fingerprint density at radius 1 is 1.60 bits per heavy atom. The molecule has 0 aliphatic carbocycles. The molecule has 0 N–H and O–H groups in total. The van der Waals surface area contributed by atoms with Gasteiger partial charge in [-0.15, -0.1) is 6.07 Å². The van der Waals surface area contributed by atoms with Crippen LogP contribution in [0, 0.1) is 6.26 Å². The van der Waals surface area contributed by atoms with Crippen LogP contribution in [0.2, 0.25) is 0 Å². The minimum atomic E-state index is 1.57. The van der Waals surface area contributed by atoms with Crippen LogP contribution in [-0.4, -0.2) is 0 Å². The fourth-order valence-corrected chi connectivity index (χ4v) is 0.196. The Bertz CT molecular complexity index is 60.1. The van der Waals surface area contributed by atoms with Crippen LogP contribution in [0.15, 0.2) is 22.8 Å². The van der Waals surface area contributed by atoms with Crippen molar-refractivity contribution >= 4 is 0 Å². The largest absolute Gasteiger partial charge is 0.599 e. The Hall–Kier alpha value is -0.720. The standard InChI is InChI=1S/C4H3O/c1-2-4-5-3-1/h1-3H/q-1. The first-order chi connectivity index (χ1) is 2.50. The molecule has 0 amide bonds. The molecule has 1 heterocycles. The van der Waals surface area contributed by atoms with Gasteiger partial charge < -0.3 is 4.42 Å². The molecule has 0 saturated carbocycles. The van der Waals surface area contributed by atoms with Crippen molar-refractivity contribution in [3.05, 3.63) is 24.7 Å². The van der Waals surface area contributed by atoms with E-state index in [-0.39, 0.29) is 0 Å². The first kappa shape index (κ1) is 2.51. The summed E-state index contributed by atoms with van der Waals surface area (Å²) in [4.78, 5) is 0. The minimum absolute atomic E-state index is 1.57. The van der Waals surface area contributed by atoms with Gasteiger partial charge in [-0.25, -0.2) is 0 Å². The summed E-state index contributed by atoms with van der Waals surface area (Å²) < 4.78 is 4.46. The van der Waals surface area contributed by atoms with Gasteiger partial charge in [-0.3, -0.25) is 0 Å². The van der Waals surface area contributed by atoms with E-state index >= 15 is 0 Å². The molecule has 1 rings (SSSR count).